The number of carbonyl (C=O) groups excluding carboxylic acids is 6. The Morgan fingerprint density at radius 2 is 1.60 bits per heavy atom. The van der Waals surface area contributed by atoms with E-state index < -0.39 is 64.0 Å². The van der Waals surface area contributed by atoms with Gasteiger partial charge in [-0.2, -0.15) is 20.2 Å². The van der Waals surface area contributed by atoms with Crippen LogP contribution in [0.3, 0.4) is 0 Å². The molecule has 0 saturated carbocycles. The van der Waals surface area contributed by atoms with Crippen molar-refractivity contribution >= 4 is 75.3 Å². The van der Waals surface area contributed by atoms with Crippen molar-refractivity contribution in [3.8, 4) is 11.5 Å². The molecule has 22 heteroatoms. The first kappa shape index (κ1) is 51.1. The van der Waals surface area contributed by atoms with Crippen molar-refractivity contribution in [3.63, 3.8) is 0 Å². The maximum absolute atomic E-state index is 12.7. The molecule has 1 heterocycles. The number of amides is 4. The van der Waals surface area contributed by atoms with Crippen molar-refractivity contribution in [1.29, 1.82) is 0 Å². The third-order valence-corrected chi connectivity index (χ3v) is 10.2. The largest absolute Gasteiger partial charge is 0.504 e. The molecule has 0 aliphatic heterocycles. The molecule has 0 radical (unpaired) electrons. The minimum absolute atomic E-state index is 0.146. The summed E-state index contributed by atoms with van der Waals surface area (Å²) < 4.78 is 40.2. The van der Waals surface area contributed by atoms with E-state index in [0.29, 0.717) is 36.4 Å². The van der Waals surface area contributed by atoms with E-state index in [1.165, 1.54) is 68.2 Å². The minimum atomic E-state index is -4.31. The number of benzene rings is 1. The molecule has 2 unspecified atom stereocenters. The monoisotopic (exact) mass is 872 g/mol. The Labute approximate surface area is 346 Å². The van der Waals surface area contributed by atoms with Gasteiger partial charge in [0.2, 0.25) is 23.6 Å². The fraction of sp³-hybridized carbons (Fsp3) is 0.472. The predicted molar refractivity (Wildman–Crippen MR) is 219 cm³/mol. The molecule has 0 saturated heterocycles. The van der Waals surface area contributed by atoms with Gasteiger partial charge in [-0.1, -0.05) is 12.5 Å². The summed E-state index contributed by atoms with van der Waals surface area (Å²) in [5.74, 6) is -3.11. The highest BCUT2D eigenvalue weighted by molar-refractivity contribution is 7.99. The number of carbonyl (C=O) groups is 6. The number of primary amides is 1. The quantitative estimate of drug-likeness (QED) is 0.0193. The van der Waals surface area contributed by atoms with Crippen LogP contribution in [0.2, 0.25) is 0 Å². The number of rotatable bonds is 24. The second kappa shape index (κ2) is 27.7. The SMILES string of the molecule is COC(=O)c1ccc(SCC(NC(=O)CCCCCNC(=O)C(CSCCN(C)C)NC(=O)CCS(=O)(=O)O)C(=O)OC)nc1.NC(=O)/C=C/c1ccc(O)c(O)c1. The number of methoxy groups -OCH3 is 2. The molecule has 1 aromatic carbocycles. The number of ether oxygens (including phenoxy) is 2. The summed E-state index contributed by atoms with van der Waals surface area (Å²) in [5.41, 5.74) is 5.75. The lowest BCUT2D eigenvalue weighted by molar-refractivity contribution is -0.144. The lowest BCUT2D eigenvalue weighted by Gasteiger charge is -2.19. The van der Waals surface area contributed by atoms with E-state index in [-0.39, 0.29) is 40.9 Å². The molecule has 4 amide bonds. The molecule has 2 rings (SSSR count). The van der Waals surface area contributed by atoms with E-state index >= 15 is 0 Å². The summed E-state index contributed by atoms with van der Waals surface area (Å²) in [5, 5.41) is 26.5. The Hall–Kier alpha value is -4.90. The van der Waals surface area contributed by atoms with Gasteiger partial charge in [-0.3, -0.25) is 23.7 Å². The van der Waals surface area contributed by atoms with Gasteiger partial charge < -0.3 is 46.3 Å². The first-order chi connectivity index (χ1) is 27.3. The second-order valence-electron chi connectivity index (χ2n) is 12.5. The van der Waals surface area contributed by atoms with Crippen LogP contribution in [0.1, 0.15) is 48.0 Å². The maximum atomic E-state index is 12.7. The van der Waals surface area contributed by atoms with Crippen molar-refractivity contribution in [3.05, 3.63) is 53.7 Å². The van der Waals surface area contributed by atoms with Crippen molar-refractivity contribution in [2.75, 3.05) is 64.4 Å². The molecule has 0 aliphatic carbocycles. The Balaban J connectivity index is 0.00000109. The molecular weight excluding hydrogens is 821 g/mol. The Kier molecular flexibility index (Phi) is 24.4. The average molecular weight is 873 g/mol. The van der Waals surface area contributed by atoms with E-state index in [9.17, 15) is 37.2 Å². The summed E-state index contributed by atoms with van der Waals surface area (Å²) in [7, 11) is 2.01. The first-order valence-electron chi connectivity index (χ1n) is 17.6. The molecule has 19 nitrogen and oxygen atoms in total. The zero-order valence-electron chi connectivity index (χ0n) is 32.7. The number of nitrogens with two attached hydrogens (primary N) is 1. The van der Waals surface area contributed by atoms with Crippen LogP contribution in [-0.2, 0) is 43.6 Å². The highest BCUT2D eigenvalue weighted by Gasteiger charge is 2.23. The smallest absolute Gasteiger partial charge is 0.339 e. The number of aromatic nitrogens is 1. The lowest BCUT2D eigenvalue weighted by Crippen LogP contribution is -2.48. The molecular formula is C36H52N6O13S3. The number of nitrogens with zero attached hydrogens (tertiary/aromatic N) is 2. The number of nitrogens with one attached hydrogen (secondary N) is 3. The normalized spacial score (nSPS) is 12.1. The van der Waals surface area contributed by atoms with Crippen LogP contribution in [0.5, 0.6) is 11.5 Å². The highest BCUT2D eigenvalue weighted by Crippen LogP contribution is 2.25. The van der Waals surface area contributed by atoms with Crippen LogP contribution in [0, 0.1) is 0 Å². The van der Waals surface area contributed by atoms with Gasteiger partial charge in [0.1, 0.15) is 12.1 Å². The molecule has 8 N–H and O–H groups in total. The van der Waals surface area contributed by atoms with Crippen molar-refractivity contribution < 1.29 is 61.4 Å². The number of hydrogen-bond donors (Lipinski definition) is 7. The molecule has 0 spiro atoms. The van der Waals surface area contributed by atoms with Gasteiger partial charge in [-0.15, -0.1) is 11.8 Å². The van der Waals surface area contributed by atoms with Gasteiger partial charge in [0.15, 0.2) is 11.5 Å². The summed E-state index contributed by atoms with van der Waals surface area (Å²) in [4.78, 5) is 77.6. The fourth-order valence-corrected chi connectivity index (χ4v) is 6.74. The minimum Gasteiger partial charge on any atom is -0.504 e. The molecule has 2 atom stereocenters. The average Bonchev–Trinajstić information content (AvgIpc) is 3.17. The highest BCUT2D eigenvalue weighted by atomic mass is 32.2. The van der Waals surface area contributed by atoms with Crippen LogP contribution in [0.15, 0.2) is 47.6 Å². The molecule has 58 heavy (non-hydrogen) atoms. The summed E-state index contributed by atoms with van der Waals surface area (Å²) in [6.45, 7) is 1.06. The van der Waals surface area contributed by atoms with Gasteiger partial charge in [-0.05, 0) is 62.8 Å². The maximum Gasteiger partial charge on any atom is 0.339 e. The first-order valence-corrected chi connectivity index (χ1v) is 21.4. The van der Waals surface area contributed by atoms with Gasteiger partial charge in [0.05, 0.1) is 30.6 Å². The lowest BCUT2D eigenvalue weighted by atomic mass is 10.1. The zero-order chi connectivity index (χ0) is 43.7. The third-order valence-electron chi connectivity index (χ3n) is 7.40. The van der Waals surface area contributed by atoms with Gasteiger partial charge in [-0.25, -0.2) is 14.6 Å². The van der Waals surface area contributed by atoms with Crippen LogP contribution in [0.4, 0.5) is 0 Å². The van der Waals surface area contributed by atoms with E-state index in [1.807, 2.05) is 19.0 Å². The number of phenols is 2. The topological polar surface area (TPSA) is 294 Å². The van der Waals surface area contributed by atoms with Crippen LogP contribution < -0.4 is 21.7 Å². The third kappa shape index (κ3) is 23.4. The second-order valence-corrected chi connectivity index (χ2v) is 16.2. The van der Waals surface area contributed by atoms with Crippen LogP contribution in [-0.4, -0.2) is 145 Å². The predicted octanol–water partition coefficient (Wildman–Crippen LogP) is 0.949. The van der Waals surface area contributed by atoms with Crippen molar-refractivity contribution in [2.24, 2.45) is 5.73 Å². The molecule has 0 fully saturated rings. The molecule has 0 aliphatic rings. The van der Waals surface area contributed by atoms with Crippen molar-refractivity contribution in [2.45, 2.75) is 49.2 Å². The van der Waals surface area contributed by atoms with E-state index in [1.54, 1.807) is 18.2 Å². The molecule has 0 bridgehead atoms. The van der Waals surface area contributed by atoms with Crippen molar-refractivity contribution in [1.82, 2.24) is 25.8 Å². The molecule has 2 aromatic rings. The number of hydrogen-bond acceptors (Lipinski definition) is 16. The Morgan fingerprint density at radius 1 is 0.914 bits per heavy atom. The number of thioether (sulfide) groups is 2. The summed E-state index contributed by atoms with van der Waals surface area (Å²) in [6, 6.07) is 5.57. The summed E-state index contributed by atoms with van der Waals surface area (Å²) >= 11 is 2.67. The number of phenolic OH excluding ortho intramolecular Hbond substituents is 2. The number of unbranched alkanes of at least 4 members (excludes halogenated alkanes) is 2. The molecule has 1 aromatic heterocycles. The fourth-order valence-electron chi connectivity index (χ4n) is 4.31. The van der Waals surface area contributed by atoms with Gasteiger partial charge in [0, 0.05) is 55.5 Å². The van der Waals surface area contributed by atoms with E-state index in [0.717, 1.165) is 12.3 Å². The Morgan fingerprint density at radius 3 is 2.19 bits per heavy atom. The number of aromatic hydroxyl groups is 2. The van der Waals surface area contributed by atoms with Crippen LogP contribution >= 0.6 is 23.5 Å². The van der Waals surface area contributed by atoms with Gasteiger partial charge >= 0.3 is 11.9 Å². The number of pyridine rings is 1. The Bertz CT molecular complexity index is 1800. The summed E-state index contributed by atoms with van der Waals surface area (Å²) in [6.07, 6.45) is 5.31. The molecule has 322 valence electrons. The van der Waals surface area contributed by atoms with E-state index in [2.05, 4.69) is 25.7 Å². The van der Waals surface area contributed by atoms with Gasteiger partial charge in [0.25, 0.3) is 10.1 Å². The van der Waals surface area contributed by atoms with E-state index in [4.69, 9.17) is 25.2 Å². The standard InChI is InChI=1S/C27H43N5O10S3.C9H9NO3/c1-32(2)13-14-43-17-20(30-23(34)11-15-45(38,39)40)25(35)28-12-7-5-6-8-22(33)31-21(27(37)42-4)18-44-24-10-9-19(16-29-24)26(36)41-3;10-9(13)4-2-6-1-3-7(11)8(12)5-6/h9-10,16,20-21H,5-8,11-15,17-18H2,1-4H3,(H,28,35)(H,30,34)(H,31,33)(H,38,39,40);1-5,11-12H,(H2,10,13)/b;4-2+. The van der Waals surface area contributed by atoms with Crippen LogP contribution in [0.25, 0.3) is 6.08 Å². The number of esters is 2. The zero-order valence-corrected chi connectivity index (χ0v) is 35.1.